The summed E-state index contributed by atoms with van der Waals surface area (Å²) in [7, 11) is 0. The van der Waals surface area contributed by atoms with Crippen LogP contribution in [0.3, 0.4) is 0 Å². The highest BCUT2D eigenvalue weighted by Crippen LogP contribution is 2.43. The van der Waals surface area contributed by atoms with Crippen LogP contribution in [0.25, 0.3) is 117 Å². The highest BCUT2D eigenvalue weighted by Gasteiger charge is 2.21. The van der Waals surface area contributed by atoms with E-state index in [4.69, 9.17) is 23.8 Å². The van der Waals surface area contributed by atoms with E-state index in [2.05, 4.69) is 132 Å². The number of hydrogen-bond donors (Lipinski definition) is 0. The maximum atomic E-state index is 6.71. The Balaban J connectivity index is 0.995. The number of fused-ring (bicyclic) bond motifs is 9. The third-order valence-corrected chi connectivity index (χ3v) is 11.1. The standard InChI is InChI=1S/C51H30N4O2/c1-2-13-32(14-3-1)49-52-50(54-51(53-49)55-42-23-7-4-15-35(42)36-16-5-8-24-43(36)55)33-29-27-31(28-30-33)34-18-12-26-45-46(34)41-22-11-21-40(48(41)57-45)39-20-10-19-38-37-17-6-9-25-44(37)56-47(38)39/h1-30H. The van der Waals surface area contributed by atoms with E-state index in [1.165, 1.54) is 0 Å². The van der Waals surface area contributed by atoms with E-state index in [1.54, 1.807) is 0 Å². The minimum Gasteiger partial charge on any atom is -0.455 e. The summed E-state index contributed by atoms with van der Waals surface area (Å²) in [6.45, 7) is 0. The monoisotopic (exact) mass is 730 g/mol. The predicted octanol–water partition coefficient (Wildman–Crippen LogP) is 13.4. The first-order chi connectivity index (χ1) is 28.3. The maximum absolute atomic E-state index is 6.71. The van der Waals surface area contributed by atoms with Gasteiger partial charge < -0.3 is 8.83 Å². The summed E-state index contributed by atoms with van der Waals surface area (Å²) in [6.07, 6.45) is 0. The third-order valence-electron chi connectivity index (χ3n) is 11.1. The summed E-state index contributed by atoms with van der Waals surface area (Å²) >= 11 is 0. The molecule has 0 aliphatic rings. The third kappa shape index (κ3) is 4.87. The molecule has 8 aromatic carbocycles. The SMILES string of the molecule is c1ccc(-c2nc(-c3ccc(-c4cccc5oc6c(-c7cccc8c7oc7ccccc78)cccc6c45)cc3)nc(-n3c4ccccc4c4ccccc43)n2)cc1. The van der Waals surface area contributed by atoms with E-state index in [9.17, 15) is 0 Å². The summed E-state index contributed by atoms with van der Waals surface area (Å²) < 4.78 is 15.3. The van der Waals surface area contributed by atoms with E-state index >= 15 is 0 Å². The van der Waals surface area contributed by atoms with Crippen LogP contribution in [-0.4, -0.2) is 19.5 Å². The maximum Gasteiger partial charge on any atom is 0.238 e. The van der Waals surface area contributed by atoms with Crippen LogP contribution in [0.1, 0.15) is 0 Å². The number of hydrogen-bond acceptors (Lipinski definition) is 5. The minimum absolute atomic E-state index is 0.573. The minimum atomic E-state index is 0.573. The Morgan fingerprint density at radius 1 is 0.333 bits per heavy atom. The number of aromatic nitrogens is 4. The normalized spacial score (nSPS) is 11.9. The van der Waals surface area contributed by atoms with E-state index in [1.807, 2.05) is 54.6 Å². The van der Waals surface area contributed by atoms with E-state index in [0.717, 1.165) is 99.1 Å². The second-order valence-electron chi connectivity index (χ2n) is 14.3. The van der Waals surface area contributed by atoms with Crippen LogP contribution in [0.15, 0.2) is 191 Å². The van der Waals surface area contributed by atoms with Crippen molar-refractivity contribution in [1.82, 2.24) is 19.5 Å². The number of benzene rings is 8. The van der Waals surface area contributed by atoms with Crippen LogP contribution < -0.4 is 0 Å². The molecule has 0 saturated heterocycles. The fourth-order valence-corrected chi connectivity index (χ4v) is 8.51. The van der Waals surface area contributed by atoms with Crippen LogP contribution in [0.4, 0.5) is 0 Å². The molecule has 0 aliphatic carbocycles. The Morgan fingerprint density at radius 2 is 0.825 bits per heavy atom. The number of furan rings is 2. The molecule has 0 radical (unpaired) electrons. The van der Waals surface area contributed by atoms with Crippen molar-refractivity contribution in [3.63, 3.8) is 0 Å². The Kier molecular flexibility index (Phi) is 6.83. The Hall–Kier alpha value is -7.83. The predicted molar refractivity (Wildman–Crippen MR) is 230 cm³/mol. The molecule has 12 aromatic rings. The van der Waals surface area contributed by atoms with Crippen molar-refractivity contribution < 1.29 is 8.83 Å². The molecule has 57 heavy (non-hydrogen) atoms. The average molecular weight is 731 g/mol. The first-order valence-electron chi connectivity index (χ1n) is 19.0. The van der Waals surface area contributed by atoms with E-state index in [-0.39, 0.29) is 0 Å². The van der Waals surface area contributed by atoms with Crippen molar-refractivity contribution in [2.45, 2.75) is 0 Å². The fourth-order valence-electron chi connectivity index (χ4n) is 8.51. The molecule has 12 rings (SSSR count). The highest BCUT2D eigenvalue weighted by molar-refractivity contribution is 6.18. The summed E-state index contributed by atoms with van der Waals surface area (Å²) in [5.74, 6) is 1.79. The van der Waals surface area contributed by atoms with Gasteiger partial charge in [-0.15, -0.1) is 0 Å². The fraction of sp³-hybridized carbons (Fsp3) is 0. The van der Waals surface area contributed by atoms with Gasteiger partial charge in [-0.1, -0.05) is 158 Å². The van der Waals surface area contributed by atoms with Crippen molar-refractivity contribution in [2.24, 2.45) is 0 Å². The molecule has 0 bridgehead atoms. The zero-order chi connectivity index (χ0) is 37.5. The second-order valence-corrected chi connectivity index (χ2v) is 14.3. The molecule has 0 fully saturated rings. The average Bonchev–Trinajstić information content (AvgIpc) is 3.97. The summed E-state index contributed by atoms with van der Waals surface area (Å²) in [4.78, 5) is 15.3. The van der Waals surface area contributed by atoms with Gasteiger partial charge in [-0.3, -0.25) is 4.57 Å². The van der Waals surface area contributed by atoms with Crippen LogP contribution in [-0.2, 0) is 0 Å². The quantitative estimate of drug-likeness (QED) is 0.176. The zero-order valence-electron chi connectivity index (χ0n) is 30.4. The van der Waals surface area contributed by atoms with Crippen molar-refractivity contribution in [3.8, 4) is 51.0 Å². The molecule has 4 aromatic heterocycles. The van der Waals surface area contributed by atoms with Crippen molar-refractivity contribution in [1.29, 1.82) is 0 Å². The molecule has 0 unspecified atom stereocenters. The van der Waals surface area contributed by atoms with Crippen LogP contribution in [0.5, 0.6) is 0 Å². The lowest BCUT2D eigenvalue weighted by Crippen LogP contribution is -2.06. The molecule has 0 amide bonds. The Bertz CT molecular complexity index is 3470. The topological polar surface area (TPSA) is 69.9 Å². The van der Waals surface area contributed by atoms with Gasteiger partial charge in [-0.05, 0) is 35.4 Å². The van der Waals surface area contributed by atoms with Gasteiger partial charge in [0.2, 0.25) is 5.95 Å². The van der Waals surface area contributed by atoms with Crippen molar-refractivity contribution in [2.75, 3.05) is 0 Å². The molecule has 6 nitrogen and oxygen atoms in total. The van der Waals surface area contributed by atoms with Gasteiger partial charge in [0, 0.05) is 54.6 Å². The molecule has 266 valence electrons. The van der Waals surface area contributed by atoms with Crippen LogP contribution in [0, 0.1) is 0 Å². The zero-order valence-corrected chi connectivity index (χ0v) is 30.4. The van der Waals surface area contributed by atoms with Gasteiger partial charge >= 0.3 is 0 Å². The van der Waals surface area contributed by atoms with Crippen molar-refractivity contribution in [3.05, 3.63) is 182 Å². The lowest BCUT2D eigenvalue weighted by molar-refractivity contribution is 0.665. The van der Waals surface area contributed by atoms with E-state index < -0.39 is 0 Å². The second kappa shape index (κ2) is 12.3. The lowest BCUT2D eigenvalue weighted by Gasteiger charge is -2.11. The van der Waals surface area contributed by atoms with Gasteiger partial charge in [0.1, 0.15) is 22.3 Å². The molecule has 0 atom stereocenters. The van der Waals surface area contributed by atoms with Gasteiger partial charge in [-0.25, -0.2) is 4.98 Å². The molecule has 4 heterocycles. The van der Waals surface area contributed by atoms with E-state index in [0.29, 0.717) is 17.6 Å². The molecule has 0 saturated carbocycles. The molecular formula is C51H30N4O2. The lowest BCUT2D eigenvalue weighted by atomic mass is 9.96. The smallest absolute Gasteiger partial charge is 0.238 e. The molecule has 6 heteroatoms. The van der Waals surface area contributed by atoms with Gasteiger partial charge in [0.05, 0.1) is 11.0 Å². The largest absolute Gasteiger partial charge is 0.455 e. The molecule has 0 spiro atoms. The molecule has 0 aliphatic heterocycles. The summed E-state index contributed by atoms with van der Waals surface area (Å²) in [6, 6.07) is 62.6. The van der Waals surface area contributed by atoms with Gasteiger partial charge in [-0.2, -0.15) is 9.97 Å². The van der Waals surface area contributed by atoms with Crippen molar-refractivity contribution >= 4 is 65.7 Å². The number of nitrogens with zero attached hydrogens (tertiary/aromatic N) is 4. The van der Waals surface area contributed by atoms with Crippen LogP contribution in [0.2, 0.25) is 0 Å². The molecular weight excluding hydrogens is 701 g/mol. The summed E-state index contributed by atoms with van der Waals surface area (Å²) in [5, 5.41) is 6.62. The highest BCUT2D eigenvalue weighted by atomic mass is 16.3. The van der Waals surface area contributed by atoms with Gasteiger partial charge in [0.25, 0.3) is 0 Å². The Labute approximate surface area is 325 Å². The first kappa shape index (κ1) is 31.5. The Morgan fingerprint density at radius 3 is 1.54 bits per heavy atom. The van der Waals surface area contributed by atoms with Crippen LogP contribution >= 0.6 is 0 Å². The number of rotatable bonds is 5. The molecule has 0 N–H and O–H groups in total. The number of para-hydroxylation sites is 5. The van der Waals surface area contributed by atoms with Gasteiger partial charge in [0.15, 0.2) is 11.6 Å². The summed E-state index contributed by atoms with van der Waals surface area (Å²) in [5.41, 5.74) is 11.5. The first-order valence-corrected chi connectivity index (χ1v) is 19.0.